The highest BCUT2D eigenvalue weighted by Crippen LogP contribution is 2.33. The van der Waals surface area contributed by atoms with Crippen LogP contribution in [0.15, 0.2) is 53.7 Å². The van der Waals surface area contributed by atoms with E-state index in [0.29, 0.717) is 17.5 Å². The molecular formula is C22H22N6O2S2. The van der Waals surface area contributed by atoms with Crippen molar-refractivity contribution in [2.45, 2.75) is 23.9 Å². The van der Waals surface area contributed by atoms with E-state index in [2.05, 4.69) is 21.6 Å². The number of piperidine rings is 1. The number of aromatic nitrogens is 5. The lowest BCUT2D eigenvalue weighted by molar-refractivity contribution is -0.129. The molecule has 8 nitrogen and oxygen atoms in total. The Morgan fingerprint density at radius 3 is 2.94 bits per heavy atom. The van der Waals surface area contributed by atoms with Crippen LogP contribution >= 0.6 is 23.1 Å². The van der Waals surface area contributed by atoms with Crippen LogP contribution in [0.4, 0.5) is 0 Å². The summed E-state index contributed by atoms with van der Waals surface area (Å²) in [6.45, 7) is 1.48. The van der Waals surface area contributed by atoms with Crippen LogP contribution in [0, 0.1) is 0 Å². The molecule has 32 heavy (non-hydrogen) atoms. The molecule has 1 aliphatic rings. The molecule has 1 atom stereocenters. The molecule has 164 valence electrons. The lowest BCUT2D eigenvalue weighted by Crippen LogP contribution is -2.40. The van der Waals surface area contributed by atoms with Crippen LogP contribution in [0.1, 0.15) is 23.8 Å². The zero-order valence-corrected chi connectivity index (χ0v) is 19.2. The SMILES string of the molecule is COc1ccccc1-n1nnnc1SCC(=O)N1CCC[C@@H](c2nc3ccccc3s2)C1. The average molecular weight is 467 g/mol. The Morgan fingerprint density at radius 2 is 2.06 bits per heavy atom. The molecule has 1 amide bonds. The number of methoxy groups -OCH3 is 1. The van der Waals surface area contributed by atoms with E-state index in [4.69, 9.17) is 9.72 Å². The molecule has 0 spiro atoms. The van der Waals surface area contributed by atoms with E-state index in [0.717, 1.165) is 35.6 Å². The van der Waals surface area contributed by atoms with Gasteiger partial charge in [0.1, 0.15) is 11.4 Å². The summed E-state index contributed by atoms with van der Waals surface area (Å²) in [6.07, 6.45) is 2.04. The molecular weight excluding hydrogens is 444 g/mol. The van der Waals surface area contributed by atoms with Crippen LogP contribution in [0.25, 0.3) is 15.9 Å². The summed E-state index contributed by atoms with van der Waals surface area (Å²) in [5, 5.41) is 13.7. The second kappa shape index (κ2) is 9.25. The Balaban J connectivity index is 1.25. The van der Waals surface area contributed by atoms with Gasteiger partial charge in [-0.05, 0) is 47.5 Å². The van der Waals surface area contributed by atoms with Crippen LogP contribution in [0.3, 0.4) is 0 Å². The number of ether oxygens (including phenoxy) is 1. The van der Waals surface area contributed by atoms with Gasteiger partial charge >= 0.3 is 0 Å². The van der Waals surface area contributed by atoms with Gasteiger partial charge in [0.2, 0.25) is 11.1 Å². The Labute approximate surface area is 193 Å². The van der Waals surface area contributed by atoms with Crippen LogP contribution in [-0.4, -0.2) is 62.0 Å². The van der Waals surface area contributed by atoms with Crippen molar-refractivity contribution in [3.05, 3.63) is 53.5 Å². The van der Waals surface area contributed by atoms with E-state index in [9.17, 15) is 4.79 Å². The number of para-hydroxylation sites is 3. The van der Waals surface area contributed by atoms with Gasteiger partial charge < -0.3 is 9.64 Å². The number of thiazole rings is 1. The third-order valence-corrected chi connectivity index (χ3v) is 7.62. The smallest absolute Gasteiger partial charge is 0.233 e. The number of benzene rings is 2. The van der Waals surface area contributed by atoms with E-state index in [1.54, 1.807) is 23.1 Å². The second-order valence-electron chi connectivity index (χ2n) is 7.53. The highest BCUT2D eigenvalue weighted by molar-refractivity contribution is 7.99. The number of rotatable bonds is 6. The minimum atomic E-state index is 0.0930. The number of hydrogen-bond acceptors (Lipinski definition) is 8. The molecule has 5 rings (SSSR count). The molecule has 0 bridgehead atoms. The number of fused-ring (bicyclic) bond motifs is 1. The quantitative estimate of drug-likeness (QED) is 0.400. The molecule has 10 heteroatoms. The summed E-state index contributed by atoms with van der Waals surface area (Å²) < 4.78 is 8.22. The van der Waals surface area contributed by atoms with Crippen LogP contribution in [0.5, 0.6) is 5.75 Å². The maximum Gasteiger partial charge on any atom is 0.233 e. The second-order valence-corrected chi connectivity index (χ2v) is 9.54. The highest BCUT2D eigenvalue weighted by Gasteiger charge is 2.27. The van der Waals surface area contributed by atoms with E-state index in [1.807, 2.05) is 47.4 Å². The zero-order valence-electron chi connectivity index (χ0n) is 17.5. The van der Waals surface area contributed by atoms with Gasteiger partial charge in [-0.2, -0.15) is 4.68 Å². The predicted octanol–water partition coefficient (Wildman–Crippen LogP) is 3.78. The van der Waals surface area contributed by atoms with Gasteiger partial charge in [0.25, 0.3) is 0 Å². The summed E-state index contributed by atoms with van der Waals surface area (Å²) >= 11 is 3.07. The van der Waals surface area contributed by atoms with E-state index >= 15 is 0 Å². The first kappa shape index (κ1) is 20.9. The van der Waals surface area contributed by atoms with Crippen molar-refractivity contribution in [3.63, 3.8) is 0 Å². The molecule has 2 aromatic heterocycles. The van der Waals surface area contributed by atoms with Gasteiger partial charge in [-0.1, -0.05) is 36.0 Å². The molecule has 0 N–H and O–H groups in total. The van der Waals surface area contributed by atoms with Crippen molar-refractivity contribution in [2.24, 2.45) is 0 Å². The van der Waals surface area contributed by atoms with Crippen molar-refractivity contribution in [1.82, 2.24) is 30.1 Å². The van der Waals surface area contributed by atoms with Gasteiger partial charge in [0, 0.05) is 19.0 Å². The number of tetrazole rings is 1. The lowest BCUT2D eigenvalue weighted by atomic mass is 9.99. The number of carbonyl (C=O) groups is 1. The predicted molar refractivity (Wildman–Crippen MR) is 125 cm³/mol. The van der Waals surface area contributed by atoms with E-state index in [-0.39, 0.29) is 17.6 Å². The average Bonchev–Trinajstić information content (AvgIpc) is 3.49. The Kier molecular flexibility index (Phi) is 6.04. The van der Waals surface area contributed by atoms with Crippen molar-refractivity contribution in [1.29, 1.82) is 0 Å². The highest BCUT2D eigenvalue weighted by atomic mass is 32.2. The number of hydrogen-bond donors (Lipinski definition) is 0. The third-order valence-electron chi connectivity index (χ3n) is 5.51. The first-order valence-electron chi connectivity index (χ1n) is 10.4. The topological polar surface area (TPSA) is 86.0 Å². The number of thioether (sulfide) groups is 1. The molecule has 4 aromatic rings. The van der Waals surface area contributed by atoms with Crippen LogP contribution in [-0.2, 0) is 4.79 Å². The molecule has 0 aliphatic carbocycles. The maximum absolute atomic E-state index is 13.0. The Bertz CT molecular complexity index is 1210. The van der Waals surface area contributed by atoms with E-state index < -0.39 is 0 Å². The Hall–Kier alpha value is -2.98. The molecule has 2 aromatic carbocycles. The van der Waals surface area contributed by atoms with Gasteiger partial charge in [-0.3, -0.25) is 4.79 Å². The van der Waals surface area contributed by atoms with Crippen molar-refractivity contribution >= 4 is 39.2 Å². The summed E-state index contributed by atoms with van der Waals surface area (Å²) in [6, 6.07) is 15.7. The summed E-state index contributed by atoms with van der Waals surface area (Å²) in [5.41, 5.74) is 1.78. The number of amides is 1. The van der Waals surface area contributed by atoms with Crippen molar-refractivity contribution in [3.8, 4) is 11.4 Å². The fraction of sp³-hybridized carbons (Fsp3) is 0.318. The normalized spacial score (nSPS) is 16.4. The summed E-state index contributed by atoms with van der Waals surface area (Å²) in [7, 11) is 1.61. The summed E-state index contributed by atoms with van der Waals surface area (Å²) in [4.78, 5) is 19.8. The molecule has 1 fully saturated rings. The fourth-order valence-electron chi connectivity index (χ4n) is 3.91. The molecule has 1 aliphatic heterocycles. The largest absolute Gasteiger partial charge is 0.494 e. The van der Waals surface area contributed by atoms with Gasteiger partial charge in [-0.15, -0.1) is 16.4 Å². The number of likely N-dealkylation sites (tertiary alicyclic amines) is 1. The first-order chi connectivity index (χ1) is 15.7. The third kappa shape index (κ3) is 4.20. The van der Waals surface area contributed by atoms with Gasteiger partial charge in [0.05, 0.1) is 28.1 Å². The van der Waals surface area contributed by atoms with E-state index in [1.165, 1.54) is 16.5 Å². The minimum absolute atomic E-state index is 0.0930. The first-order valence-corrected chi connectivity index (χ1v) is 12.2. The van der Waals surface area contributed by atoms with Crippen LogP contribution in [0.2, 0.25) is 0 Å². The van der Waals surface area contributed by atoms with Gasteiger partial charge in [-0.25, -0.2) is 4.98 Å². The van der Waals surface area contributed by atoms with Gasteiger partial charge in [0.15, 0.2) is 0 Å². The fourth-order valence-corrected chi connectivity index (χ4v) is 5.79. The molecule has 3 heterocycles. The molecule has 0 saturated carbocycles. The lowest BCUT2D eigenvalue weighted by Gasteiger charge is -2.31. The number of nitrogens with zero attached hydrogens (tertiary/aromatic N) is 6. The molecule has 1 saturated heterocycles. The zero-order chi connectivity index (χ0) is 21.9. The maximum atomic E-state index is 13.0. The van der Waals surface area contributed by atoms with Crippen molar-refractivity contribution in [2.75, 3.05) is 26.0 Å². The molecule has 0 unspecified atom stereocenters. The summed E-state index contributed by atoms with van der Waals surface area (Å²) in [5.74, 6) is 1.33. The Morgan fingerprint density at radius 1 is 1.22 bits per heavy atom. The standard InChI is InChI=1S/C22H22N6O2S2/c1-30-18-10-4-3-9-17(18)28-22(24-25-26-28)31-14-20(29)27-12-6-7-15(13-27)21-23-16-8-2-5-11-19(16)32-21/h2-5,8-11,15H,6-7,12-14H2,1H3/t15-/m1/s1. The van der Waals surface area contributed by atoms with Crippen LogP contribution < -0.4 is 4.74 Å². The molecule has 0 radical (unpaired) electrons. The van der Waals surface area contributed by atoms with Crippen molar-refractivity contribution < 1.29 is 9.53 Å². The minimum Gasteiger partial charge on any atom is -0.494 e. The number of carbonyl (C=O) groups excluding carboxylic acids is 1. The monoisotopic (exact) mass is 466 g/mol.